The number of likely N-dealkylation sites (tertiary alicyclic amines) is 1. The molecule has 0 N–H and O–H groups in total. The van der Waals surface area contributed by atoms with Gasteiger partial charge in [-0.05, 0) is 73.7 Å². The molecular formula is C34H35F3N2O6. The first-order valence-electron chi connectivity index (χ1n) is 14.8. The molecule has 238 valence electrons. The van der Waals surface area contributed by atoms with Gasteiger partial charge in [0.15, 0.2) is 17.6 Å². The summed E-state index contributed by atoms with van der Waals surface area (Å²) in [4.78, 5) is 43.8. The average molecular weight is 625 g/mol. The quantitative estimate of drug-likeness (QED) is 0.276. The molecule has 2 aliphatic heterocycles. The lowest BCUT2D eigenvalue weighted by molar-refractivity contribution is -0.168. The van der Waals surface area contributed by atoms with E-state index in [-0.39, 0.29) is 31.7 Å². The number of ether oxygens (including phenoxy) is 3. The van der Waals surface area contributed by atoms with E-state index >= 15 is 0 Å². The monoisotopic (exact) mass is 624 g/mol. The van der Waals surface area contributed by atoms with Crippen LogP contribution in [0.5, 0.6) is 11.5 Å². The maximum absolute atomic E-state index is 13.9. The number of anilines is 1. The van der Waals surface area contributed by atoms with Crippen molar-refractivity contribution in [2.75, 3.05) is 25.7 Å². The lowest BCUT2D eigenvalue weighted by Crippen LogP contribution is -2.49. The second kappa shape index (κ2) is 13.2. The van der Waals surface area contributed by atoms with Crippen LogP contribution in [-0.2, 0) is 31.8 Å². The van der Waals surface area contributed by atoms with E-state index in [0.29, 0.717) is 41.3 Å². The van der Waals surface area contributed by atoms with E-state index in [0.717, 1.165) is 17.7 Å². The Morgan fingerprint density at radius 1 is 0.933 bits per heavy atom. The largest absolute Gasteiger partial charge is 0.493 e. The minimum atomic E-state index is -4.50. The maximum atomic E-state index is 13.9. The molecule has 8 nitrogen and oxygen atoms in total. The third-order valence-corrected chi connectivity index (χ3v) is 8.33. The molecule has 11 heteroatoms. The number of alkyl halides is 3. The summed E-state index contributed by atoms with van der Waals surface area (Å²) in [5.74, 6) is -1.15. The summed E-state index contributed by atoms with van der Waals surface area (Å²) in [5, 5.41) is 0. The fourth-order valence-corrected chi connectivity index (χ4v) is 6.03. The molecule has 0 bridgehead atoms. The summed E-state index contributed by atoms with van der Waals surface area (Å²) in [6, 6.07) is 16.7. The van der Waals surface area contributed by atoms with Gasteiger partial charge in [-0.15, -0.1) is 0 Å². The molecule has 3 aromatic carbocycles. The molecule has 0 saturated carbocycles. The van der Waals surface area contributed by atoms with Crippen molar-refractivity contribution in [3.8, 4) is 11.5 Å². The Balaban J connectivity index is 1.41. The van der Waals surface area contributed by atoms with Gasteiger partial charge in [-0.2, -0.15) is 13.2 Å². The average Bonchev–Trinajstić information content (AvgIpc) is 3.02. The zero-order valence-corrected chi connectivity index (χ0v) is 25.3. The van der Waals surface area contributed by atoms with Crippen molar-refractivity contribution >= 4 is 23.5 Å². The Hall–Kier alpha value is -4.54. The Morgan fingerprint density at radius 3 is 2.36 bits per heavy atom. The molecule has 0 aliphatic carbocycles. The normalized spacial score (nSPS) is 20.6. The number of carbonyl (C=O) groups is 3. The van der Waals surface area contributed by atoms with Crippen molar-refractivity contribution in [3.63, 3.8) is 0 Å². The molecule has 3 atom stereocenters. The third kappa shape index (κ3) is 6.92. The molecule has 2 aliphatic rings. The molecule has 0 aromatic heterocycles. The van der Waals surface area contributed by atoms with Gasteiger partial charge in [-0.1, -0.05) is 35.9 Å². The van der Waals surface area contributed by atoms with Gasteiger partial charge in [0.2, 0.25) is 5.91 Å². The van der Waals surface area contributed by atoms with E-state index in [1.54, 1.807) is 23.1 Å². The molecule has 2 heterocycles. The summed E-state index contributed by atoms with van der Waals surface area (Å²) < 4.78 is 56.5. The summed E-state index contributed by atoms with van der Waals surface area (Å²) >= 11 is 0. The van der Waals surface area contributed by atoms with Crippen LogP contribution >= 0.6 is 0 Å². The minimum absolute atomic E-state index is 0.0375. The lowest BCUT2D eigenvalue weighted by Gasteiger charge is -2.41. The Kier molecular flexibility index (Phi) is 9.36. The summed E-state index contributed by atoms with van der Waals surface area (Å²) in [6.45, 7) is 2.23. The highest BCUT2D eigenvalue weighted by Crippen LogP contribution is 2.43. The minimum Gasteiger partial charge on any atom is -0.493 e. The number of piperidine rings is 2. The van der Waals surface area contributed by atoms with Gasteiger partial charge in [0.05, 0.1) is 31.7 Å². The molecule has 5 rings (SSSR count). The second-order valence-corrected chi connectivity index (χ2v) is 11.3. The molecular weight excluding hydrogens is 589 g/mol. The number of carbonyl (C=O) groups excluding carboxylic acids is 3. The number of amides is 2. The van der Waals surface area contributed by atoms with Crippen molar-refractivity contribution in [3.05, 3.63) is 89.0 Å². The van der Waals surface area contributed by atoms with E-state index in [9.17, 15) is 27.6 Å². The van der Waals surface area contributed by atoms with Crippen LogP contribution in [-0.4, -0.2) is 49.6 Å². The van der Waals surface area contributed by atoms with Gasteiger partial charge < -0.3 is 24.0 Å². The standard InChI is InChI=1S/C34H35F3N2O6/c1-21-9-12-25(13-10-21)39-30(40)16-14-26(31(39)23-11-15-27(43-2)29(19-23)44-3)33(42)45-28-8-5-17-38(32(28)41)20-22-6-4-7-24(18-22)34(35,36)37/h4,6-7,9-13,15,18-19,26,28,31H,5,8,14,16-17,20H2,1-3H3. The molecule has 2 saturated heterocycles. The van der Waals surface area contributed by atoms with E-state index in [4.69, 9.17) is 14.2 Å². The highest BCUT2D eigenvalue weighted by Gasteiger charge is 2.44. The number of rotatable bonds is 8. The fraction of sp³-hybridized carbons (Fsp3) is 0.382. The number of hydrogen-bond acceptors (Lipinski definition) is 6. The van der Waals surface area contributed by atoms with E-state index in [1.807, 2.05) is 31.2 Å². The van der Waals surface area contributed by atoms with Crippen LogP contribution < -0.4 is 14.4 Å². The number of esters is 1. The lowest BCUT2D eigenvalue weighted by atomic mass is 9.83. The highest BCUT2D eigenvalue weighted by molar-refractivity contribution is 5.97. The van der Waals surface area contributed by atoms with Gasteiger partial charge in [0.1, 0.15) is 0 Å². The van der Waals surface area contributed by atoms with Crippen LogP contribution in [0.2, 0.25) is 0 Å². The van der Waals surface area contributed by atoms with Crippen LogP contribution in [0, 0.1) is 12.8 Å². The van der Waals surface area contributed by atoms with Crippen molar-refractivity contribution in [2.24, 2.45) is 5.92 Å². The maximum Gasteiger partial charge on any atom is 0.416 e. The first-order chi connectivity index (χ1) is 21.5. The zero-order chi connectivity index (χ0) is 32.3. The topological polar surface area (TPSA) is 85.4 Å². The number of benzene rings is 3. The predicted octanol–water partition coefficient (Wildman–Crippen LogP) is 6.25. The van der Waals surface area contributed by atoms with Gasteiger partial charge in [0, 0.05) is 25.2 Å². The Bertz CT molecular complexity index is 1560. The molecule has 3 unspecified atom stereocenters. The fourth-order valence-electron chi connectivity index (χ4n) is 6.03. The van der Waals surface area contributed by atoms with Crippen LogP contribution in [0.3, 0.4) is 0 Å². The molecule has 2 amide bonds. The SMILES string of the molecule is COc1ccc(C2C(C(=O)OC3CCCN(Cc4cccc(C(F)(F)F)c4)C3=O)CCC(=O)N2c2ccc(C)cc2)cc1OC. The van der Waals surface area contributed by atoms with Crippen LogP contribution in [0.15, 0.2) is 66.7 Å². The summed E-state index contributed by atoms with van der Waals surface area (Å²) in [6.07, 6.45) is -4.49. The van der Waals surface area contributed by atoms with Crippen molar-refractivity contribution < 1.29 is 41.8 Å². The first kappa shape index (κ1) is 31.9. The number of methoxy groups -OCH3 is 2. The molecule has 45 heavy (non-hydrogen) atoms. The summed E-state index contributed by atoms with van der Waals surface area (Å²) in [5.41, 5.74) is 1.79. The number of aryl methyl sites for hydroxylation is 1. The molecule has 3 aromatic rings. The van der Waals surface area contributed by atoms with Crippen molar-refractivity contribution in [2.45, 2.75) is 57.5 Å². The highest BCUT2D eigenvalue weighted by atomic mass is 19.4. The molecule has 0 spiro atoms. The van der Waals surface area contributed by atoms with Gasteiger partial charge in [-0.25, -0.2) is 0 Å². The van der Waals surface area contributed by atoms with Gasteiger partial charge >= 0.3 is 12.1 Å². The Labute approximate surface area is 259 Å². The number of hydrogen-bond donors (Lipinski definition) is 0. The number of nitrogens with zero attached hydrogens (tertiary/aromatic N) is 2. The Morgan fingerprint density at radius 2 is 1.67 bits per heavy atom. The second-order valence-electron chi connectivity index (χ2n) is 11.3. The van der Waals surface area contributed by atoms with E-state index in [2.05, 4.69) is 0 Å². The van der Waals surface area contributed by atoms with Crippen LogP contribution in [0.4, 0.5) is 18.9 Å². The third-order valence-electron chi connectivity index (χ3n) is 8.33. The van der Waals surface area contributed by atoms with Crippen molar-refractivity contribution in [1.29, 1.82) is 0 Å². The summed E-state index contributed by atoms with van der Waals surface area (Å²) in [7, 11) is 3.01. The molecule has 2 fully saturated rings. The number of halogens is 3. The van der Waals surface area contributed by atoms with E-state index < -0.39 is 41.7 Å². The van der Waals surface area contributed by atoms with Crippen LogP contribution in [0.1, 0.15) is 54.0 Å². The zero-order valence-electron chi connectivity index (χ0n) is 25.3. The van der Waals surface area contributed by atoms with Gasteiger partial charge in [-0.3, -0.25) is 14.4 Å². The van der Waals surface area contributed by atoms with Crippen LogP contribution in [0.25, 0.3) is 0 Å². The van der Waals surface area contributed by atoms with E-state index in [1.165, 1.54) is 31.3 Å². The van der Waals surface area contributed by atoms with Crippen molar-refractivity contribution in [1.82, 2.24) is 4.90 Å². The predicted molar refractivity (Wildman–Crippen MR) is 160 cm³/mol. The first-order valence-corrected chi connectivity index (χ1v) is 14.8. The van der Waals surface area contributed by atoms with Gasteiger partial charge in [0.25, 0.3) is 5.91 Å². The molecule has 0 radical (unpaired) electrons. The smallest absolute Gasteiger partial charge is 0.416 e.